The maximum absolute atomic E-state index is 8.72. The van der Waals surface area contributed by atoms with Crippen molar-refractivity contribution in [3.05, 3.63) is 59.2 Å². The molecule has 0 heterocycles. The minimum atomic E-state index is 0.0646. The van der Waals surface area contributed by atoms with Crippen LogP contribution in [0.1, 0.15) is 39.2 Å². The van der Waals surface area contributed by atoms with Gasteiger partial charge in [0.05, 0.1) is 6.61 Å². The van der Waals surface area contributed by atoms with Crippen molar-refractivity contribution in [3.8, 4) is 5.75 Å². The van der Waals surface area contributed by atoms with E-state index in [9.17, 15) is 0 Å². The first-order valence-corrected chi connectivity index (χ1v) is 7.41. The molecule has 2 nitrogen and oxygen atoms in total. The number of ether oxygens (including phenoxy) is 1. The largest absolute Gasteiger partial charge is 0.490 e. The highest BCUT2D eigenvalue weighted by Gasteiger charge is 1.93. The predicted molar refractivity (Wildman–Crippen MR) is 90.5 cm³/mol. The van der Waals surface area contributed by atoms with Crippen molar-refractivity contribution >= 4 is 6.08 Å². The maximum Gasteiger partial charge on any atom is 0.119 e. The number of aliphatic hydroxyl groups excluding tert-OH is 1. The molecule has 0 atom stereocenters. The Morgan fingerprint density at radius 3 is 2.43 bits per heavy atom. The van der Waals surface area contributed by atoms with E-state index in [-0.39, 0.29) is 6.61 Å². The lowest BCUT2D eigenvalue weighted by atomic mass is 10.1. The summed E-state index contributed by atoms with van der Waals surface area (Å²) in [5.74, 6) is 0.865. The van der Waals surface area contributed by atoms with Gasteiger partial charge in [0.2, 0.25) is 0 Å². The minimum absolute atomic E-state index is 0.0646. The molecule has 0 aromatic heterocycles. The summed E-state index contributed by atoms with van der Waals surface area (Å²) in [4.78, 5) is 0. The van der Waals surface area contributed by atoms with Gasteiger partial charge in [-0.15, -0.1) is 0 Å². The molecular formula is C19H26O2. The average Bonchev–Trinajstić information content (AvgIpc) is 2.46. The van der Waals surface area contributed by atoms with Crippen LogP contribution in [0.25, 0.3) is 6.08 Å². The van der Waals surface area contributed by atoms with Gasteiger partial charge < -0.3 is 9.84 Å². The number of aliphatic hydroxyl groups is 1. The molecule has 21 heavy (non-hydrogen) atoms. The summed E-state index contributed by atoms with van der Waals surface area (Å²) in [5.41, 5.74) is 3.79. The van der Waals surface area contributed by atoms with E-state index in [1.807, 2.05) is 30.3 Å². The second-order valence-corrected chi connectivity index (χ2v) is 5.34. The van der Waals surface area contributed by atoms with Crippen LogP contribution in [-0.2, 0) is 0 Å². The molecule has 0 amide bonds. The molecule has 0 radical (unpaired) electrons. The summed E-state index contributed by atoms with van der Waals surface area (Å²) >= 11 is 0. The van der Waals surface area contributed by atoms with E-state index in [0.29, 0.717) is 6.61 Å². The molecule has 1 rings (SSSR count). The first-order valence-electron chi connectivity index (χ1n) is 7.41. The van der Waals surface area contributed by atoms with Crippen molar-refractivity contribution in [2.45, 2.75) is 33.6 Å². The molecule has 0 unspecified atom stereocenters. The molecule has 0 aliphatic heterocycles. The van der Waals surface area contributed by atoms with Gasteiger partial charge >= 0.3 is 0 Å². The molecule has 1 N–H and O–H groups in total. The Kier molecular flexibility index (Phi) is 8.22. The van der Waals surface area contributed by atoms with E-state index in [1.54, 1.807) is 6.08 Å². The van der Waals surface area contributed by atoms with Crippen molar-refractivity contribution in [3.63, 3.8) is 0 Å². The fourth-order valence-corrected chi connectivity index (χ4v) is 1.83. The lowest BCUT2D eigenvalue weighted by molar-refractivity contribution is 0.343. The Morgan fingerprint density at radius 1 is 1.10 bits per heavy atom. The topological polar surface area (TPSA) is 29.5 Å². The van der Waals surface area contributed by atoms with E-state index in [0.717, 1.165) is 24.2 Å². The molecule has 114 valence electrons. The van der Waals surface area contributed by atoms with Gasteiger partial charge in [-0.1, -0.05) is 41.5 Å². The van der Waals surface area contributed by atoms with Crippen LogP contribution in [0, 0.1) is 0 Å². The Labute approximate surface area is 128 Å². The zero-order valence-corrected chi connectivity index (χ0v) is 13.3. The third-order valence-electron chi connectivity index (χ3n) is 3.07. The zero-order valence-electron chi connectivity index (χ0n) is 13.3. The van der Waals surface area contributed by atoms with E-state index in [1.165, 1.54) is 11.1 Å². The quantitative estimate of drug-likeness (QED) is 0.698. The Balaban J connectivity index is 2.37. The van der Waals surface area contributed by atoms with Crippen LogP contribution in [-0.4, -0.2) is 18.3 Å². The van der Waals surface area contributed by atoms with Crippen LogP contribution in [0.15, 0.2) is 53.6 Å². The normalized spacial score (nSPS) is 11.7. The van der Waals surface area contributed by atoms with Gasteiger partial charge in [0.1, 0.15) is 12.4 Å². The van der Waals surface area contributed by atoms with Crippen LogP contribution in [0.4, 0.5) is 0 Å². The van der Waals surface area contributed by atoms with E-state index in [4.69, 9.17) is 9.84 Å². The molecule has 0 aliphatic rings. The maximum atomic E-state index is 8.72. The van der Waals surface area contributed by atoms with Gasteiger partial charge in [0.15, 0.2) is 0 Å². The highest BCUT2D eigenvalue weighted by Crippen LogP contribution is 2.14. The molecular weight excluding hydrogens is 260 g/mol. The van der Waals surface area contributed by atoms with Crippen LogP contribution in [0.2, 0.25) is 0 Å². The zero-order chi connectivity index (χ0) is 15.5. The summed E-state index contributed by atoms with van der Waals surface area (Å²) in [6.07, 6.45) is 10.2. The smallest absolute Gasteiger partial charge is 0.119 e. The van der Waals surface area contributed by atoms with Crippen LogP contribution < -0.4 is 4.74 Å². The summed E-state index contributed by atoms with van der Waals surface area (Å²) < 4.78 is 5.70. The lowest BCUT2D eigenvalue weighted by Gasteiger charge is -2.05. The highest BCUT2D eigenvalue weighted by atomic mass is 16.5. The van der Waals surface area contributed by atoms with Gasteiger partial charge in [-0.2, -0.15) is 0 Å². The van der Waals surface area contributed by atoms with Crippen LogP contribution in [0.3, 0.4) is 0 Å². The molecule has 1 aromatic rings. The summed E-state index contributed by atoms with van der Waals surface area (Å²) in [7, 11) is 0. The van der Waals surface area contributed by atoms with Crippen molar-refractivity contribution < 1.29 is 9.84 Å². The molecule has 0 saturated carbocycles. The first kappa shape index (κ1) is 17.3. The second-order valence-electron chi connectivity index (χ2n) is 5.34. The molecule has 0 spiro atoms. The molecule has 0 saturated heterocycles. The number of allylic oxidation sites excluding steroid dienone is 3. The Hall–Kier alpha value is -1.80. The summed E-state index contributed by atoms with van der Waals surface area (Å²) in [6.45, 7) is 7.07. The monoisotopic (exact) mass is 286 g/mol. The standard InChI is InChI=1S/C19H26O2/c1-16(2)6-4-7-17(3)13-15-21-19-11-9-18(10-12-19)8-5-14-20/h5-6,8-13,20H,4,7,14-15H2,1-3H3. The third-order valence-corrected chi connectivity index (χ3v) is 3.07. The average molecular weight is 286 g/mol. The van der Waals surface area contributed by atoms with Gasteiger partial charge in [0, 0.05) is 0 Å². The lowest BCUT2D eigenvalue weighted by Crippen LogP contribution is -1.94. The molecule has 0 fully saturated rings. The van der Waals surface area contributed by atoms with E-state index >= 15 is 0 Å². The number of hydrogen-bond acceptors (Lipinski definition) is 2. The molecule has 0 aliphatic carbocycles. The Bertz CT molecular complexity index is 489. The fraction of sp³-hybridized carbons (Fsp3) is 0.368. The first-order chi connectivity index (χ1) is 10.1. The SMILES string of the molecule is CC(C)=CCCC(C)=CCOc1ccc(C=CCO)cc1. The van der Waals surface area contributed by atoms with E-state index in [2.05, 4.69) is 32.9 Å². The number of rotatable bonds is 8. The summed E-state index contributed by atoms with van der Waals surface area (Å²) in [6, 6.07) is 7.85. The van der Waals surface area contributed by atoms with Gasteiger partial charge in [-0.25, -0.2) is 0 Å². The van der Waals surface area contributed by atoms with E-state index < -0.39 is 0 Å². The van der Waals surface area contributed by atoms with Crippen molar-refractivity contribution in [1.82, 2.24) is 0 Å². The minimum Gasteiger partial charge on any atom is -0.490 e. The molecule has 2 heteroatoms. The number of benzene rings is 1. The van der Waals surface area contributed by atoms with Crippen molar-refractivity contribution in [2.24, 2.45) is 0 Å². The fourth-order valence-electron chi connectivity index (χ4n) is 1.83. The molecule has 1 aromatic carbocycles. The third kappa shape index (κ3) is 8.16. The van der Waals surface area contributed by atoms with Crippen LogP contribution >= 0.6 is 0 Å². The second kappa shape index (κ2) is 10.0. The van der Waals surface area contributed by atoms with Gasteiger partial charge in [0.25, 0.3) is 0 Å². The number of hydrogen-bond donors (Lipinski definition) is 1. The van der Waals surface area contributed by atoms with Crippen LogP contribution in [0.5, 0.6) is 5.75 Å². The van der Waals surface area contributed by atoms with Gasteiger partial charge in [-0.3, -0.25) is 0 Å². The summed E-state index contributed by atoms with van der Waals surface area (Å²) in [5, 5.41) is 8.72. The van der Waals surface area contributed by atoms with Crippen molar-refractivity contribution in [2.75, 3.05) is 13.2 Å². The van der Waals surface area contributed by atoms with Gasteiger partial charge in [-0.05, 0) is 57.4 Å². The molecule has 0 bridgehead atoms. The predicted octanol–water partition coefficient (Wildman–Crippen LogP) is 4.76. The van der Waals surface area contributed by atoms with Crippen molar-refractivity contribution in [1.29, 1.82) is 0 Å². The highest BCUT2D eigenvalue weighted by molar-refractivity contribution is 5.50. The Morgan fingerprint density at radius 2 is 1.81 bits per heavy atom.